The summed E-state index contributed by atoms with van der Waals surface area (Å²) in [6.07, 6.45) is 2.15. The molecule has 0 spiro atoms. The van der Waals surface area contributed by atoms with Crippen LogP contribution in [0.3, 0.4) is 0 Å². The van der Waals surface area contributed by atoms with Gasteiger partial charge in [-0.25, -0.2) is 0 Å². The summed E-state index contributed by atoms with van der Waals surface area (Å²) in [6, 6.07) is 9.27. The average molecular weight is 499 g/mol. The van der Waals surface area contributed by atoms with E-state index >= 15 is 0 Å². The van der Waals surface area contributed by atoms with E-state index < -0.39 is 6.04 Å². The van der Waals surface area contributed by atoms with Gasteiger partial charge >= 0.3 is 0 Å². The highest BCUT2D eigenvalue weighted by Gasteiger charge is 2.53. The SMILES string of the molecule is Cc1cc(N2C(=O)C3=C(C(=O)C4CC(Br)CCC4O3)C2c2ccc(C(C)(C)C)cc2)no1. The summed E-state index contributed by atoms with van der Waals surface area (Å²) in [5, 5.41) is 4.10. The van der Waals surface area contributed by atoms with Crippen molar-refractivity contribution in [2.75, 3.05) is 4.90 Å². The summed E-state index contributed by atoms with van der Waals surface area (Å²) >= 11 is 3.68. The van der Waals surface area contributed by atoms with Gasteiger partial charge in [-0.1, -0.05) is 66.1 Å². The molecular weight excluding hydrogens is 472 g/mol. The molecule has 3 aliphatic rings. The number of anilines is 1. The number of nitrogens with zero attached hydrogens (tertiary/aromatic N) is 2. The molecule has 7 heteroatoms. The molecule has 1 aromatic carbocycles. The Hall–Kier alpha value is -2.41. The average Bonchev–Trinajstić information content (AvgIpc) is 3.29. The molecule has 2 aliphatic heterocycles. The number of amides is 1. The molecule has 1 saturated carbocycles. The summed E-state index contributed by atoms with van der Waals surface area (Å²) in [7, 11) is 0. The van der Waals surface area contributed by atoms with Crippen molar-refractivity contribution in [3.05, 3.63) is 58.6 Å². The first kappa shape index (κ1) is 21.4. The van der Waals surface area contributed by atoms with Crippen molar-refractivity contribution < 1.29 is 18.8 Å². The monoisotopic (exact) mass is 498 g/mol. The van der Waals surface area contributed by atoms with Gasteiger partial charge in [0.2, 0.25) is 0 Å². The highest BCUT2D eigenvalue weighted by atomic mass is 79.9. The van der Waals surface area contributed by atoms with Gasteiger partial charge in [0.05, 0.1) is 17.5 Å². The lowest BCUT2D eigenvalue weighted by Gasteiger charge is -2.37. The van der Waals surface area contributed by atoms with Crippen molar-refractivity contribution in [2.24, 2.45) is 5.92 Å². The van der Waals surface area contributed by atoms with E-state index in [1.165, 1.54) is 5.56 Å². The lowest BCUT2D eigenvalue weighted by Crippen LogP contribution is -2.41. The van der Waals surface area contributed by atoms with Crippen molar-refractivity contribution in [2.45, 2.75) is 69.3 Å². The van der Waals surface area contributed by atoms with Crippen molar-refractivity contribution >= 4 is 33.4 Å². The van der Waals surface area contributed by atoms with E-state index in [-0.39, 0.29) is 39.7 Å². The highest BCUT2D eigenvalue weighted by Crippen LogP contribution is 2.48. The number of ether oxygens (including phenoxy) is 1. The minimum atomic E-state index is -0.583. The van der Waals surface area contributed by atoms with Crippen molar-refractivity contribution in [1.29, 1.82) is 0 Å². The number of ketones is 1. The van der Waals surface area contributed by atoms with Crippen LogP contribution in [0, 0.1) is 12.8 Å². The largest absolute Gasteiger partial charge is 0.483 e. The fourth-order valence-electron chi connectivity index (χ4n) is 5.00. The number of carbonyl (C=O) groups is 2. The van der Waals surface area contributed by atoms with Gasteiger partial charge < -0.3 is 9.26 Å². The Morgan fingerprint density at radius 2 is 1.84 bits per heavy atom. The second kappa shape index (κ2) is 7.58. The molecule has 2 aromatic rings. The maximum atomic E-state index is 13.7. The maximum Gasteiger partial charge on any atom is 0.295 e. The third-order valence-electron chi connectivity index (χ3n) is 6.74. The number of benzene rings is 1. The topological polar surface area (TPSA) is 72.6 Å². The molecule has 1 fully saturated rings. The van der Waals surface area contributed by atoms with Crippen molar-refractivity contribution in [3.63, 3.8) is 0 Å². The van der Waals surface area contributed by atoms with Crippen LogP contribution in [-0.4, -0.2) is 27.8 Å². The Balaban J connectivity index is 1.62. The molecule has 1 amide bonds. The van der Waals surface area contributed by atoms with Crippen LogP contribution in [0.5, 0.6) is 0 Å². The number of hydrogen-bond donors (Lipinski definition) is 0. The summed E-state index contributed by atoms with van der Waals surface area (Å²) in [6.45, 7) is 8.25. The summed E-state index contributed by atoms with van der Waals surface area (Å²) in [5.74, 6) is 0.615. The van der Waals surface area contributed by atoms with E-state index in [4.69, 9.17) is 9.26 Å². The Bertz CT molecular complexity index is 1110. The van der Waals surface area contributed by atoms with Crippen LogP contribution in [0.4, 0.5) is 5.82 Å². The minimum Gasteiger partial charge on any atom is -0.483 e. The second-order valence-electron chi connectivity index (χ2n) is 10.0. The number of aryl methyl sites for hydroxylation is 1. The lowest BCUT2D eigenvalue weighted by atomic mass is 9.77. The molecule has 0 N–H and O–H groups in total. The fraction of sp³-hybridized carbons (Fsp3) is 0.480. The van der Waals surface area contributed by atoms with E-state index in [0.29, 0.717) is 23.6 Å². The van der Waals surface area contributed by atoms with Crippen LogP contribution >= 0.6 is 15.9 Å². The molecule has 0 radical (unpaired) electrons. The molecule has 168 valence electrons. The number of rotatable bonds is 2. The van der Waals surface area contributed by atoms with Crippen LogP contribution in [0.15, 0.2) is 46.2 Å². The van der Waals surface area contributed by atoms with Crippen molar-refractivity contribution in [1.82, 2.24) is 5.16 Å². The summed E-state index contributed by atoms with van der Waals surface area (Å²) in [5.41, 5.74) is 2.49. The molecule has 6 nitrogen and oxygen atoms in total. The van der Waals surface area contributed by atoms with Crippen LogP contribution in [-0.2, 0) is 19.7 Å². The number of alkyl halides is 1. The van der Waals surface area contributed by atoms with Crippen molar-refractivity contribution in [3.8, 4) is 0 Å². The van der Waals surface area contributed by atoms with Crippen LogP contribution < -0.4 is 4.90 Å². The van der Waals surface area contributed by atoms with Gasteiger partial charge in [0, 0.05) is 10.9 Å². The lowest BCUT2D eigenvalue weighted by molar-refractivity contribution is -0.131. The zero-order valence-corrected chi connectivity index (χ0v) is 20.3. The fourth-order valence-corrected chi connectivity index (χ4v) is 5.67. The molecule has 1 aliphatic carbocycles. The zero-order chi connectivity index (χ0) is 22.8. The summed E-state index contributed by atoms with van der Waals surface area (Å²) in [4.78, 5) is 29.1. The van der Waals surface area contributed by atoms with Gasteiger partial charge in [-0.3, -0.25) is 14.5 Å². The van der Waals surface area contributed by atoms with E-state index in [1.807, 2.05) is 12.1 Å². The van der Waals surface area contributed by atoms with Gasteiger partial charge in [0.1, 0.15) is 11.9 Å². The summed E-state index contributed by atoms with van der Waals surface area (Å²) < 4.78 is 11.5. The third-order valence-corrected chi connectivity index (χ3v) is 7.57. The first-order valence-corrected chi connectivity index (χ1v) is 12.0. The number of halogens is 1. The van der Waals surface area contributed by atoms with Crippen LogP contribution in [0.2, 0.25) is 0 Å². The first-order chi connectivity index (χ1) is 15.1. The minimum absolute atomic E-state index is 0.00133. The molecule has 5 rings (SSSR count). The molecule has 32 heavy (non-hydrogen) atoms. The molecular formula is C25H27BrN2O4. The predicted molar refractivity (Wildman–Crippen MR) is 124 cm³/mol. The predicted octanol–water partition coefficient (Wildman–Crippen LogP) is 5.15. The first-order valence-electron chi connectivity index (χ1n) is 11.1. The Morgan fingerprint density at radius 3 is 2.47 bits per heavy atom. The second-order valence-corrected chi connectivity index (χ2v) is 11.3. The quantitative estimate of drug-likeness (QED) is 0.535. The maximum absolute atomic E-state index is 13.7. The molecule has 0 saturated heterocycles. The van der Waals surface area contributed by atoms with Crippen LogP contribution in [0.1, 0.15) is 63.0 Å². The normalized spacial score (nSPS) is 28.0. The molecule has 4 unspecified atom stereocenters. The number of fused-ring (bicyclic) bond motifs is 1. The van der Waals surface area contributed by atoms with E-state index in [1.54, 1.807) is 17.9 Å². The Kier molecular flexibility index (Phi) is 5.08. The third kappa shape index (κ3) is 3.41. The number of carbonyl (C=O) groups excluding carboxylic acids is 2. The number of Topliss-reactive ketones (excluding diaryl/α,β-unsaturated/α-hetero) is 1. The van der Waals surface area contributed by atoms with Gasteiger partial charge in [0.25, 0.3) is 5.91 Å². The molecule has 4 atom stereocenters. The highest BCUT2D eigenvalue weighted by molar-refractivity contribution is 9.09. The molecule has 0 bridgehead atoms. The van der Waals surface area contributed by atoms with Gasteiger partial charge in [-0.15, -0.1) is 0 Å². The Morgan fingerprint density at radius 1 is 1.12 bits per heavy atom. The Labute approximate surface area is 196 Å². The number of aromatic nitrogens is 1. The smallest absolute Gasteiger partial charge is 0.295 e. The van der Waals surface area contributed by atoms with Gasteiger partial charge in [0.15, 0.2) is 17.4 Å². The molecule has 3 heterocycles. The van der Waals surface area contributed by atoms with E-state index in [9.17, 15) is 9.59 Å². The van der Waals surface area contributed by atoms with E-state index in [0.717, 1.165) is 18.4 Å². The van der Waals surface area contributed by atoms with E-state index in [2.05, 4.69) is 54.0 Å². The van der Waals surface area contributed by atoms with Gasteiger partial charge in [-0.05, 0) is 42.7 Å². The van der Waals surface area contributed by atoms with Crippen LogP contribution in [0.25, 0.3) is 0 Å². The van der Waals surface area contributed by atoms with Gasteiger partial charge in [-0.2, -0.15) is 0 Å². The molecule has 1 aromatic heterocycles. The standard InChI is InChI=1S/C25H27BrN2O4/c1-13-11-19(27-32-13)28-21(14-5-7-15(8-6-14)25(2,3)4)20-22(29)17-12-16(26)9-10-18(17)31-23(20)24(28)30/h5-8,11,16-18,21H,9-10,12H2,1-4H3. The number of hydrogen-bond acceptors (Lipinski definition) is 5. The zero-order valence-electron chi connectivity index (χ0n) is 18.7.